The molecule has 0 saturated carbocycles. The van der Waals surface area contributed by atoms with E-state index in [9.17, 15) is 14.9 Å². The summed E-state index contributed by atoms with van der Waals surface area (Å²) in [6.45, 7) is 0. The van der Waals surface area contributed by atoms with Crippen LogP contribution >= 0.6 is 0 Å². The van der Waals surface area contributed by atoms with Gasteiger partial charge in [-0.25, -0.2) is 4.79 Å². The van der Waals surface area contributed by atoms with Gasteiger partial charge in [-0.05, 0) is 17.7 Å². The highest BCUT2D eigenvalue weighted by Gasteiger charge is 2.04. The Hall–Kier alpha value is -2.17. The molecule has 0 heterocycles. The fourth-order valence-corrected chi connectivity index (χ4v) is 1.03. The molecule has 1 rings (SSSR count). The number of rotatable bonds is 3. The van der Waals surface area contributed by atoms with Gasteiger partial charge in [-0.1, -0.05) is 12.1 Å². The fraction of sp³-hybridized carbons (Fsp3) is 0.100. The second-order valence-corrected chi connectivity index (χ2v) is 2.72. The molecular formula is C10H9NO4. The predicted molar refractivity (Wildman–Crippen MR) is 53.8 cm³/mol. The van der Waals surface area contributed by atoms with Crippen molar-refractivity contribution in [2.24, 2.45) is 0 Å². The lowest BCUT2D eigenvalue weighted by atomic mass is 10.1. The zero-order chi connectivity index (χ0) is 11.3. The lowest BCUT2D eigenvalue weighted by Gasteiger charge is -1.99. The van der Waals surface area contributed by atoms with E-state index in [-0.39, 0.29) is 0 Å². The van der Waals surface area contributed by atoms with E-state index in [0.717, 1.165) is 6.20 Å². The highest BCUT2D eigenvalue weighted by atomic mass is 16.6. The number of nitrogens with zero attached hydrogens (tertiary/aromatic N) is 1. The quantitative estimate of drug-likeness (QED) is 0.430. The second-order valence-electron chi connectivity index (χ2n) is 2.72. The summed E-state index contributed by atoms with van der Waals surface area (Å²) in [7, 11) is 1.28. The van der Waals surface area contributed by atoms with Gasteiger partial charge in [0.05, 0.1) is 17.6 Å². The lowest BCUT2D eigenvalue weighted by Crippen LogP contribution is -2.00. The van der Waals surface area contributed by atoms with Crippen LogP contribution in [-0.4, -0.2) is 18.0 Å². The summed E-state index contributed by atoms with van der Waals surface area (Å²) in [5, 5.41) is 10.1. The average molecular weight is 207 g/mol. The van der Waals surface area contributed by atoms with E-state index in [2.05, 4.69) is 4.74 Å². The number of esters is 1. The number of methoxy groups -OCH3 is 1. The molecule has 0 aliphatic rings. The largest absolute Gasteiger partial charge is 0.465 e. The van der Waals surface area contributed by atoms with Crippen LogP contribution in [0.3, 0.4) is 0 Å². The Bertz CT molecular complexity index is 412. The van der Waals surface area contributed by atoms with Gasteiger partial charge in [0.1, 0.15) is 0 Å². The zero-order valence-electron chi connectivity index (χ0n) is 8.04. The minimum absolute atomic E-state index is 0.364. The number of nitro groups is 1. The molecule has 0 aliphatic heterocycles. The topological polar surface area (TPSA) is 69.4 Å². The van der Waals surface area contributed by atoms with Crippen LogP contribution in [0.25, 0.3) is 6.08 Å². The molecule has 15 heavy (non-hydrogen) atoms. The van der Waals surface area contributed by atoms with Gasteiger partial charge < -0.3 is 4.74 Å². The first kappa shape index (κ1) is 10.9. The summed E-state index contributed by atoms with van der Waals surface area (Å²) in [6, 6.07) is 6.39. The molecule has 0 unspecified atom stereocenters. The number of hydrogen-bond donors (Lipinski definition) is 0. The van der Waals surface area contributed by atoms with E-state index in [0.29, 0.717) is 11.1 Å². The molecule has 5 heteroatoms. The first-order valence-electron chi connectivity index (χ1n) is 4.13. The van der Waals surface area contributed by atoms with Gasteiger partial charge in [-0.3, -0.25) is 10.1 Å². The molecular weight excluding hydrogens is 198 g/mol. The van der Waals surface area contributed by atoms with Crippen molar-refractivity contribution in [2.45, 2.75) is 0 Å². The Morgan fingerprint density at radius 1 is 1.53 bits per heavy atom. The SMILES string of the molecule is COC(=O)c1cccc(/C=C/[N+](=O)[O-])c1. The monoisotopic (exact) mass is 207 g/mol. The molecule has 5 nitrogen and oxygen atoms in total. The Kier molecular flexibility index (Phi) is 3.56. The first-order chi connectivity index (χ1) is 7.13. The van der Waals surface area contributed by atoms with Crippen molar-refractivity contribution < 1.29 is 14.5 Å². The Morgan fingerprint density at radius 3 is 2.87 bits per heavy atom. The second kappa shape index (κ2) is 4.90. The molecule has 0 aliphatic carbocycles. The van der Waals surface area contributed by atoms with Crippen LogP contribution in [0.1, 0.15) is 15.9 Å². The van der Waals surface area contributed by atoms with Crippen molar-refractivity contribution in [2.75, 3.05) is 7.11 Å². The molecule has 0 radical (unpaired) electrons. The summed E-state index contributed by atoms with van der Waals surface area (Å²) >= 11 is 0. The summed E-state index contributed by atoms with van der Waals surface area (Å²) in [4.78, 5) is 20.6. The van der Waals surface area contributed by atoms with Crippen LogP contribution in [0.15, 0.2) is 30.5 Å². The van der Waals surface area contributed by atoms with Gasteiger partial charge in [0, 0.05) is 6.08 Å². The number of benzene rings is 1. The van der Waals surface area contributed by atoms with E-state index in [1.165, 1.54) is 19.3 Å². The van der Waals surface area contributed by atoms with Crippen LogP contribution in [-0.2, 0) is 4.74 Å². The van der Waals surface area contributed by atoms with Crippen molar-refractivity contribution in [1.82, 2.24) is 0 Å². The Labute approximate surface area is 86.1 Å². The number of carbonyl (C=O) groups excluding carboxylic acids is 1. The minimum Gasteiger partial charge on any atom is -0.465 e. The summed E-state index contributed by atoms with van der Waals surface area (Å²) in [5.74, 6) is -0.466. The number of ether oxygens (including phenoxy) is 1. The molecule has 0 aromatic heterocycles. The average Bonchev–Trinajstić information content (AvgIpc) is 2.25. The van der Waals surface area contributed by atoms with Gasteiger partial charge in [0.15, 0.2) is 0 Å². The first-order valence-corrected chi connectivity index (χ1v) is 4.13. The smallest absolute Gasteiger partial charge is 0.337 e. The maximum absolute atomic E-state index is 11.1. The van der Waals surface area contributed by atoms with Crippen molar-refractivity contribution in [3.63, 3.8) is 0 Å². The van der Waals surface area contributed by atoms with Crippen molar-refractivity contribution in [3.05, 3.63) is 51.7 Å². The maximum Gasteiger partial charge on any atom is 0.337 e. The van der Waals surface area contributed by atoms with Crippen molar-refractivity contribution in [3.8, 4) is 0 Å². The molecule has 1 aromatic carbocycles. The molecule has 0 amide bonds. The molecule has 0 atom stereocenters. The Balaban J connectivity index is 2.92. The normalized spacial score (nSPS) is 10.2. The van der Waals surface area contributed by atoms with Gasteiger partial charge in [-0.2, -0.15) is 0 Å². The van der Waals surface area contributed by atoms with Gasteiger partial charge >= 0.3 is 5.97 Å². The van der Waals surface area contributed by atoms with Crippen LogP contribution in [0.5, 0.6) is 0 Å². The van der Waals surface area contributed by atoms with Gasteiger partial charge in [-0.15, -0.1) is 0 Å². The standard InChI is InChI=1S/C10H9NO4/c1-15-10(12)9-4-2-3-8(7-9)5-6-11(13)14/h2-7H,1H3/b6-5+. The zero-order valence-corrected chi connectivity index (χ0v) is 8.04. The highest BCUT2D eigenvalue weighted by molar-refractivity contribution is 5.89. The molecule has 0 saturated heterocycles. The molecule has 0 fully saturated rings. The minimum atomic E-state index is -0.565. The van der Waals surface area contributed by atoms with E-state index < -0.39 is 10.9 Å². The van der Waals surface area contributed by atoms with Gasteiger partial charge in [0.2, 0.25) is 6.20 Å². The van der Waals surface area contributed by atoms with E-state index in [4.69, 9.17) is 0 Å². The Morgan fingerprint density at radius 2 is 2.27 bits per heavy atom. The summed E-state index contributed by atoms with van der Waals surface area (Å²) in [5.41, 5.74) is 0.942. The third kappa shape index (κ3) is 3.22. The van der Waals surface area contributed by atoms with Crippen LogP contribution in [0.4, 0.5) is 0 Å². The molecule has 1 aromatic rings. The maximum atomic E-state index is 11.1. The summed E-state index contributed by atoms with van der Waals surface area (Å²) in [6.07, 6.45) is 2.13. The van der Waals surface area contributed by atoms with E-state index >= 15 is 0 Å². The predicted octanol–water partition coefficient (Wildman–Crippen LogP) is 1.72. The molecule has 0 bridgehead atoms. The molecule has 0 N–H and O–H groups in total. The third-order valence-electron chi connectivity index (χ3n) is 1.70. The summed E-state index contributed by atoms with van der Waals surface area (Å²) < 4.78 is 4.52. The fourth-order valence-electron chi connectivity index (χ4n) is 1.03. The number of carbonyl (C=O) groups is 1. The third-order valence-corrected chi connectivity index (χ3v) is 1.70. The van der Waals surface area contributed by atoms with Crippen molar-refractivity contribution in [1.29, 1.82) is 0 Å². The highest BCUT2D eigenvalue weighted by Crippen LogP contribution is 2.08. The molecule has 0 spiro atoms. The lowest BCUT2D eigenvalue weighted by molar-refractivity contribution is -0.400. The van der Waals surface area contributed by atoms with Crippen LogP contribution < -0.4 is 0 Å². The van der Waals surface area contributed by atoms with E-state index in [1.807, 2.05) is 0 Å². The van der Waals surface area contributed by atoms with Crippen LogP contribution in [0.2, 0.25) is 0 Å². The molecule has 78 valence electrons. The van der Waals surface area contributed by atoms with Crippen molar-refractivity contribution >= 4 is 12.0 Å². The van der Waals surface area contributed by atoms with E-state index in [1.54, 1.807) is 18.2 Å². The van der Waals surface area contributed by atoms with Gasteiger partial charge in [0.25, 0.3) is 0 Å². The van der Waals surface area contributed by atoms with Crippen LogP contribution in [0, 0.1) is 10.1 Å². The number of hydrogen-bond acceptors (Lipinski definition) is 4.